The van der Waals surface area contributed by atoms with Crippen molar-refractivity contribution in [3.05, 3.63) is 50.4 Å². The van der Waals surface area contributed by atoms with Gasteiger partial charge in [-0.1, -0.05) is 0 Å². The summed E-state index contributed by atoms with van der Waals surface area (Å²) < 4.78 is 26.4. The fraction of sp³-hybridized carbons (Fsp3) is 0.0909. The molecule has 0 radical (unpaired) electrons. The number of rotatable bonds is 1. The minimum absolute atomic E-state index is 0.139. The van der Waals surface area contributed by atoms with E-state index in [1.807, 2.05) is 0 Å². The predicted molar refractivity (Wildman–Crippen MR) is 62.6 cm³/mol. The van der Waals surface area contributed by atoms with Crippen LogP contribution in [0.2, 0.25) is 0 Å². The predicted octanol–water partition coefficient (Wildman–Crippen LogP) is 2.79. The van der Waals surface area contributed by atoms with E-state index in [4.69, 9.17) is 0 Å². The zero-order valence-corrected chi connectivity index (χ0v) is 10.3. The molecule has 0 fully saturated rings. The van der Waals surface area contributed by atoms with E-state index in [1.165, 1.54) is 6.07 Å². The third-order valence-electron chi connectivity index (χ3n) is 2.13. The highest BCUT2D eigenvalue weighted by molar-refractivity contribution is 9.10. The van der Waals surface area contributed by atoms with Gasteiger partial charge in [-0.3, -0.25) is 4.79 Å². The first-order valence-corrected chi connectivity index (χ1v) is 5.49. The number of H-pyrrole nitrogens is 1. The fourth-order valence-corrected chi connectivity index (χ4v) is 1.64. The van der Waals surface area contributed by atoms with Crippen LogP contribution in [-0.2, 0) is 0 Å². The Hall–Kier alpha value is -1.56. The molecule has 1 heterocycles. The number of hydrogen-bond acceptors (Lipinski definition) is 2. The Balaban J connectivity index is 2.64. The summed E-state index contributed by atoms with van der Waals surface area (Å²) in [6.45, 7) is 1.63. The minimum Gasteiger partial charge on any atom is -0.307 e. The highest BCUT2D eigenvalue weighted by Crippen LogP contribution is 2.25. The van der Waals surface area contributed by atoms with Gasteiger partial charge < -0.3 is 4.98 Å². The maximum Gasteiger partial charge on any atom is 0.251 e. The van der Waals surface area contributed by atoms with Crippen LogP contribution in [0.25, 0.3) is 11.4 Å². The summed E-state index contributed by atoms with van der Waals surface area (Å²) in [4.78, 5) is 17.7. The molecular weight excluding hydrogens is 294 g/mol. The molecule has 0 saturated carbocycles. The van der Waals surface area contributed by atoms with Crippen molar-refractivity contribution in [1.82, 2.24) is 9.97 Å². The number of halogens is 3. The lowest BCUT2D eigenvalue weighted by atomic mass is 10.2. The van der Waals surface area contributed by atoms with Crippen molar-refractivity contribution < 1.29 is 8.78 Å². The third kappa shape index (κ3) is 2.41. The van der Waals surface area contributed by atoms with Crippen molar-refractivity contribution in [2.45, 2.75) is 6.92 Å². The molecule has 0 aliphatic heterocycles. The number of aromatic amines is 1. The number of aryl methyl sites for hydroxylation is 1. The molecule has 3 nitrogen and oxygen atoms in total. The van der Waals surface area contributed by atoms with Gasteiger partial charge in [-0.25, -0.2) is 13.8 Å². The molecule has 6 heteroatoms. The Labute approximate surface area is 104 Å². The number of nitrogens with zero attached hydrogens (tertiary/aromatic N) is 1. The molecule has 0 saturated heterocycles. The van der Waals surface area contributed by atoms with E-state index in [9.17, 15) is 13.6 Å². The van der Waals surface area contributed by atoms with E-state index in [1.54, 1.807) is 6.92 Å². The molecule has 17 heavy (non-hydrogen) atoms. The lowest BCUT2D eigenvalue weighted by molar-refractivity contribution is 0.572. The first-order valence-electron chi connectivity index (χ1n) is 4.70. The summed E-state index contributed by atoms with van der Waals surface area (Å²) in [6.07, 6.45) is 0. The molecule has 0 bridgehead atoms. The van der Waals surface area contributed by atoms with Crippen LogP contribution >= 0.6 is 15.9 Å². The number of benzene rings is 1. The van der Waals surface area contributed by atoms with Gasteiger partial charge in [-0.2, -0.15) is 0 Å². The lowest BCUT2D eigenvalue weighted by Gasteiger charge is -2.04. The van der Waals surface area contributed by atoms with Gasteiger partial charge in [0.15, 0.2) is 0 Å². The highest BCUT2D eigenvalue weighted by Gasteiger charge is 2.11. The summed E-state index contributed by atoms with van der Waals surface area (Å²) in [5, 5.41) is 0. The van der Waals surface area contributed by atoms with Crippen molar-refractivity contribution in [3.8, 4) is 11.4 Å². The van der Waals surface area contributed by atoms with Crippen LogP contribution in [-0.4, -0.2) is 9.97 Å². The summed E-state index contributed by atoms with van der Waals surface area (Å²) in [5.41, 5.74) is 0.299. The Morgan fingerprint density at radius 2 is 1.82 bits per heavy atom. The molecule has 0 spiro atoms. The summed E-state index contributed by atoms with van der Waals surface area (Å²) in [7, 11) is 0. The lowest BCUT2D eigenvalue weighted by Crippen LogP contribution is -2.08. The first-order chi connectivity index (χ1) is 7.97. The largest absolute Gasteiger partial charge is 0.307 e. The monoisotopic (exact) mass is 300 g/mol. The number of hydrogen-bond donors (Lipinski definition) is 1. The van der Waals surface area contributed by atoms with E-state index in [-0.39, 0.29) is 21.4 Å². The van der Waals surface area contributed by atoms with Crippen LogP contribution in [0.15, 0.2) is 27.5 Å². The number of aromatic nitrogens is 2. The third-order valence-corrected chi connectivity index (χ3v) is 2.88. The minimum atomic E-state index is -0.746. The van der Waals surface area contributed by atoms with Gasteiger partial charge in [-0.05, 0) is 35.0 Å². The summed E-state index contributed by atoms with van der Waals surface area (Å²) in [6, 6.07) is 3.50. The molecular formula is C11H7BrF2N2O. The van der Waals surface area contributed by atoms with Crippen molar-refractivity contribution >= 4 is 15.9 Å². The number of nitrogens with one attached hydrogen (secondary N) is 1. The second-order valence-corrected chi connectivity index (χ2v) is 4.28. The summed E-state index contributed by atoms with van der Waals surface area (Å²) >= 11 is 2.77. The molecule has 0 amide bonds. The first kappa shape index (κ1) is 11.9. The Morgan fingerprint density at radius 1 is 1.24 bits per heavy atom. The maximum absolute atomic E-state index is 13.3. The molecule has 88 valence electrons. The van der Waals surface area contributed by atoms with E-state index < -0.39 is 11.6 Å². The van der Waals surface area contributed by atoms with Gasteiger partial charge in [0.25, 0.3) is 5.56 Å². The molecule has 2 aromatic rings. The Kier molecular flexibility index (Phi) is 3.06. The molecule has 1 aromatic heterocycles. The smallest absolute Gasteiger partial charge is 0.251 e. The van der Waals surface area contributed by atoms with Crippen LogP contribution in [0.1, 0.15) is 5.69 Å². The highest BCUT2D eigenvalue weighted by atomic mass is 79.9. The van der Waals surface area contributed by atoms with Gasteiger partial charge >= 0.3 is 0 Å². The SMILES string of the molecule is Cc1cc(=O)[nH]c(-c2cc(F)c(Br)c(F)c2)n1. The van der Waals surface area contributed by atoms with Gasteiger partial charge in [0.2, 0.25) is 0 Å². The quantitative estimate of drug-likeness (QED) is 0.823. The molecule has 0 unspecified atom stereocenters. The van der Waals surface area contributed by atoms with E-state index in [2.05, 4.69) is 25.9 Å². The molecule has 2 rings (SSSR count). The van der Waals surface area contributed by atoms with Crippen LogP contribution in [0.4, 0.5) is 8.78 Å². The van der Waals surface area contributed by atoms with Gasteiger partial charge in [0.1, 0.15) is 17.5 Å². The van der Waals surface area contributed by atoms with Crippen molar-refractivity contribution in [3.63, 3.8) is 0 Å². The summed E-state index contributed by atoms with van der Waals surface area (Å²) in [5.74, 6) is -1.35. The zero-order chi connectivity index (χ0) is 12.6. The molecule has 0 atom stereocenters. The zero-order valence-electron chi connectivity index (χ0n) is 8.72. The normalized spacial score (nSPS) is 10.6. The van der Waals surface area contributed by atoms with Crippen molar-refractivity contribution in [1.29, 1.82) is 0 Å². The Morgan fingerprint density at radius 3 is 2.35 bits per heavy atom. The van der Waals surface area contributed by atoms with Crippen LogP contribution in [0.3, 0.4) is 0 Å². The second kappa shape index (κ2) is 4.37. The standard InChI is InChI=1S/C11H7BrF2N2O/c1-5-2-9(17)16-11(15-5)6-3-7(13)10(12)8(14)4-6/h2-4H,1H3,(H,15,16,17). The van der Waals surface area contributed by atoms with E-state index >= 15 is 0 Å². The molecule has 0 aliphatic rings. The second-order valence-electron chi connectivity index (χ2n) is 3.49. The molecule has 0 aliphatic carbocycles. The molecule has 1 N–H and O–H groups in total. The fourth-order valence-electron chi connectivity index (χ4n) is 1.41. The topological polar surface area (TPSA) is 45.8 Å². The van der Waals surface area contributed by atoms with E-state index in [0.29, 0.717) is 5.69 Å². The Bertz CT molecular complexity index is 617. The maximum atomic E-state index is 13.3. The van der Waals surface area contributed by atoms with Crippen molar-refractivity contribution in [2.75, 3.05) is 0 Å². The van der Waals surface area contributed by atoms with Crippen LogP contribution in [0.5, 0.6) is 0 Å². The van der Waals surface area contributed by atoms with Gasteiger partial charge in [0.05, 0.1) is 4.47 Å². The van der Waals surface area contributed by atoms with Crippen LogP contribution in [0, 0.1) is 18.6 Å². The molecule has 1 aromatic carbocycles. The van der Waals surface area contributed by atoms with Gasteiger partial charge in [0, 0.05) is 17.3 Å². The van der Waals surface area contributed by atoms with Gasteiger partial charge in [-0.15, -0.1) is 0 Å². The van der Waals surface area contributed by atoms with E-state index in [0.717, 1.165) is 12.1 Å². The average Bonchev–Trinajstić information content (AvgIpc) is 2.23. The average molecular weight is 301 g/mol. The van der Waals surface area contributed by atoms with Crippen molar-refractivity contribution in [2.24, 2.45) is 0 Å². The van der Waals surface area contributed by atoms with Crippen LogP contribution < -0.4 is 5.56 Å².